The number of carbonyl (C=O) groups excluding carboxylic acids is 1. The largest absolute Gasteiger partial charge is 0.497 e. The van der Waals surface area contributed by atoms with Crippen molar-refractivity contribution in [2.24, 2.45) is 0 Å². The molecule has 0 spiro atoms. The maximum atomic E-state index is 12.4. The van der Waals surface area contributed by atoms with E-state index in [2.05, 4.69) is 13.8 Å². The van der Waals surface area contributed by atoms with Crippen LogP contribution in [0.3, 0.4) is 0 Å². The summed E-state index contributed by atoms with van der Waals surface area (Å²) < 4.78 is 5.23. The molecule has 0 heterocycles. The minimum atomic E-state index is 0.103. The molecular weight excluding hydrogens is 226 g/mol. The predicted octanol–water partition coefficient (Wildman–Crippen LogP) is 3.30. The molecule has 3 heteroatoms. The van der Waals surface area contributed by atoms with Crippen molar-refractivity contribution >= 4 is 5.91 Å². The Labute approximate surface area is 110 Å². The Hall–Kier alpha value is -1.51. The minimum absolute atomic E-state index is 0.103. The summed E-state index contributed by atoms with van der Waals surface area (Å²) in [5, 5.41) is 0. The van der Waals surface area contributed by atoms with E-state index >= 15 is 0 Å². The number of benzene rings is 1. The zero-order valence-corrected chi connectivity index (χ0v) is 12.0. The van der Waals surface area contributed by atoms with Crippen LogP contribution in [0.25, 0.3) is 0 Å². The van der Waals surface area contributed by atoms with Gasteiger partial charge in [-0.2, -0.15) is 0 Å². The maximum Gasteiger partial charge on any atom is 0.254 e. The molecule has 0 bridgehead atoms. The first-order valence-corrected chi connectivity index (χ1v) is 6.52. The van der Waals surface area contributed by atoms with Crippen LogP contribution in [-0.2, 0) is 0 Å². The SMILES string of the molecule is CCN(CC)C(=O)c1ccc(OC)cc1C(C)C. The molecule has 18 heavy (non-hydrogen) atoms. The Morgan fingerprint density at radius 1 is 1.28 bits per heavy atom. The molecule has 1 aromatic rings. The Bertz CT molecular complexity index is 409. The van der Waals surface area contributed by atoms with Gasteiger partial charge in [-0.3, -0.25) is 4.79 Å². The van der Waals surface area contributed by atoms with Crippen LogP contribution in [0, 0.1) is 0 Å². The molecule has 0 saturated carbocycles. The summed E-state index contributed by atoms with van der Waals surface area (Å²) in [5.41, 5.74) is 1.83. The molecule has 0 aromatic heterocycles. The van der Waals surface area contributed by atoms with Gasteiger partial charge in [0.05, 0.1) is 7.11 Å². The van der Waals surface area contributed by atoms with Gasteiger partial charge in [0.1, 0.15) is 5.75 Å². The lowest BCUT2D eigenvalue weighted by Gasteiger charge is -2.22. The van der Waals surface area contributed by atoms with Gasteiger partial charge in [0.15, 0.2) is 0 Å². The number of hydrogen-bond acceptors (Lipinski definition) is 2. The van der Waals surface area contributed by atoms with Gasteiger partial charge in [-0.05, 0) is 43.5 Å². The predicted molar refractivity (Wildman–Crippen MR) is 74.3 cm³/mol. The molecule has 0 aliphatic carbocycles. The highest BCUT2D eigenvalue weighted by atomic mass is 16.5. The first-order chi connectivity index (χ1) is 8.54. The van der Waals surface area contributed by atoms with Crippen molar-refractivity contribution in [3.05, 3.63) is 29.3 Å². The van der Waals surface area contributed by atoms with Crippen LogP contribution in [0.1, 0.15) is 49.5 Å². The molecule has 0 atom stereocenters. The summed E-state index contributed by atoms with van der Waals surface area (Å²) in [7, 11) is 1.64. The first kappa shape index (κ1) is 14.6. The molecule has 0 aliphatic rings. The summed E-state index contributed by atoms with van der Waals surface area (Å²) in [6.07, 6.45) is 0. The fraction of sp³-hybridized carbons (Fsp3) is 0.533. The summed E-state index contributed by atoms with van der Waals surface area (Å²) in [6, 6.07) is 5.68. The number of ether oxygens (including phenoxy) is 1. The molecule has 0 N–H and O–H groups in total. The lowest BCUT2D eigenvalue weighted by molar-refractivity contribution is 0.0771. The van der Waals surface area contributed by atoms with E-state index in [-0.39, 0.29) is 5.91 Å². The third-order valence-electron chi connectivity index (χ3n) is 3.16. The molecule has 0 saturated heterocycles. The summed E-state index contributed by atoms with van der Waals surface area (Å²) in [5.74, 6) is 1.20. The van der Waals surface area contributed by atoms with Gasteiger partial charge >= 0.3 is 0 Å². The van der Waals surface area contributed by atoms with E-state index in [9.17, 15) is 4.79 Å². The molecule has 0 radical (unpaired) electrons. The number of amides is 1. The molecular formula is C15H23NO2. The van der Waals surface area contributed by atoms with Crippen molar-refractivity contribution in [2.75, 3.05) is 20.2 Å². The van der Waals surface area contributed by atoms with Crippen molar-refractivity contribution in [1.82, 2.24) is 4.90 Å². The topological polar surface area (TPSA) is 29.5 Å². The van der Waals surface area contributed by atoms with Crippen LogP contribution in [0.15, 0.2) is 18.2 Å². The number of carbonyl (C=O) groups is 1. The summed E-state index contributed by atoms with van der Waals surface area (Å²) in [4.78, 5) is 14.3. The van der Waals surface area contributed by atoms with Crippen LogP contribution in [-0.4, -0.2) is 31.0 Å². The lowest BCUT2D eigenvalue weighted by atomic mass is 9.96. The van der Waals surface area contributed by atoms with E-state index in [1.165, 1.54) is 0 Å². The monoisotopic (exact) mass is 249 g/mol. The van der Waals surface area contributed by atoms with Gasteiger partial charge in [-0.15, -0.1) is 0 Å². The number of methoxy groups -OCH3 is 1. The van der Waals surface area contributed by atoms with E-state index in [0.717, 1.165) is 30.0 Å². The fourth-order valence-electron chi connectivity index (χ4n) is 2.02. The quantitative estimate of drug-likeness (QED) is 0.801. The van der Waals surface area contributed by atoms with Crippen molar-refractivity contribution < 1.29 is 9.53 Å². The van der Waals surface area contributed by atoms with Gasteiger partial charge in [-0.1, -0.05) is 13.8 Å². The number of nitrogens with zero attached hydrogens (tertiary/aromatic N) is 1. The molecule has 1 amide bonds. The number of rotatable bonds is 5. The lowest BCUT2D eigenvalue weighted by Crippen LogP contribution is -2.31. The second kappa shape index (κ2) is 6.43. The average molecular weight is 249 g/mol. The third-order valence-corrected chi connectivity index (χ3v) is 3.16. The highest BCUT2D eigenvalue weighted by molar-refractivity contribution is 5.96. The second-order valence-electron chi connectivity index (χ2n) is 4.59. The third kappa shape index (κ3) is 3.03. The fourth-order valence-corrected chi connectivity index (χ4v) is 2.02. The standard InChI is InChI=1S/C15H23NO2/c1-6-16(7-2)15(17)13-9-8-12(18-5)10-14(13)11(3)4/h8-11H,6-7H2,1-5H3. The number of hydrogen-bond donors (Lipinski definition) is 0. The summed E-state index contributed by atoms with van der Waals surface area (Å²) in [6.45, 7) is 9.65. The molecule has 100 valence electrons. The van der Waals surface area contributed by atoms with Crippen molar-refractivity contribution in [3.8, 4) is 5.75 Å². The Morgan fingerprint density at radius 3 is 2.33 bits per heavy atom. The highest BCUT2D eigenvalue weighted by Gasteiger charge is 2.18. The van der Waals surface area contributed by atoms with E-state index in [4.69, 9.17) is 4.74 Å². The van der Waals surface area contributed by atoms with Crippen LogP contribution in [0.4, 0.5) is 0 Å². The zero-order chi connectivity index (χ0) is 13.7. The molecule has 3 nitrogen and oxygen atoms in total. The van der Waals surface area contributed by atoms with E-state index in [1.807, 2.05) is 36.9 Å². The van der Waals surface area contributed by atoms with Crippen LogP contribution >= 0.6 is 0 Å². The average Bonchev–Trinajstić information content (AvgIpc) is 2.39. The van der Waals surface area contributed by atoms with Crippen LogP contribution in [0.5, 0.6) is 5.75 Å². The van der Waals surface area contributed by atoms with Crippen molar-refractivity contribution in [3.63, 3.8) is 0 Å². The highest BCUT2D eigenvalue weighted by Crippen LogP contribution is 2.25. The van der Waals surface area contributed by atoms with Gasteiger partial charge in [0.25, 0.3) is 5.91 Å². The van der Waals surface area contributed by atoms with Gasteiger partial charge < -0.3 is 9.64 Å². The second-order valence-corrected chi connectivity index (χ2v) is 4.59. The molecule has 0 fully saturated rings. The van der Waals surface area contributed by atoms with Gasteiger partial charge in [0, 0.05) is 18.7 Å². The molecule has 1 aromatic carbocycles. The van der Waals surface area contributed by atoms with Gasteiger partial charge in [-0.25, -0.2) is 0 Å². The minimum Gasteiger partial charge on any atom is -0.497 e. The first-order valence-electron chi connectivity index (χ1n) is 6.52. The Morgan fingerprint density at radius 2 is 1.89 bits per heavy atom. The van der Waals surface area contributed by atoms with E-state index < -0.39 is 0 Å². The maximum absolute atomic E-state index is 12.4. The normalized spacial score (nSPS) is 10.6. The van der Waals surface area contributed by atoms with Crippen LogP contribution < -0.4 is 4.74 Å². The van der Waals surface area contributed by atoms with Crippen molar-refractivity contribution in [1.29, 1.82) is 0 Å². The summed E-state index contributed by atoms with van der Waals surface area (Å²) >= 11 is 0. The molecule has 0 unspecified atom stereocenters. The van der Waals surface area contributed by atoms with Crippen LogP contribution in [0.2, 0.25) is 0 Å². The molecule has 0 aliphatic heterocycles. The Balaban J connectivity index is 3.18. The van der Waals surface area contributed by atoms with E-state index in [1.54, 1.807) is 7.11 Å². The zero-order valence-electron chi connectivity index (χ0n) is 12.0. The van der Waals surface area contributed by atoms with E-state index in [0.29, 0.717) is 5.92 Å². The Kier molecular flexibility index (Phi) is 5.20. The smallest absolute Gasteiger partial charge is 0.254 e. The van der Waals surface area contributed by atoms with Gasteiger partial charge in [0.2, 0.25) is 0 Å². The molecule has 1 rings (SSSR count). The van der Waals surface area contributed by atoms with Crippen molar-refractivity contribution in [2.45, 2.75) is 33.6 Å².